The van der Waals surface area contributed by atoms with Crippen molar-refractivity contribution in [3.05, 3.63) is 80.8 Å². The number of aromatic carboxylic acids is 1. The molecule has 1 N–H and O–H groups in total. The Labute approximate surface area is 170 Å². The van der Waals surface area contributed by atoms with Gasteiger partial charge in [-0.05, 0) is 42.3 Å². The molecule has 28 heavy (non-hydrogen) atoms. The highest BCUT2D eigenvalue weighted by Gasteiger charge is 2.32. The van der Waals surface area contributed by atoms with E-state index >= 15 is 0 Å². The fourth-order valence-corrected chi connectivity index (χ4v) is 3.96. The summed E-state index contributed by atoms with van der Waals surface area (Å²) in [7, 11) is 0. The van der Waals surface area contributed by atoms with Crippen LogP contribution in [0.1, 0.15) is 33.2 Å². The Morgan fingerprint density at radius 1 is 1.25 bits per heavy atom. The van der Waals surface area contributed by atoms with Crippen LogP contribution in [-0.4, -0.2) is 27.5 Å². The van der Waals surface area contributed by atoms with Crippen molar-refractivity contribution in [1.29, 1.82) is 0 Å². The first-order valence-corrected chi connectivity index (χ1v) is 9.32. The summed E-state index contributed by atoms with van der Waals surface area (Å²) in [5.41, 5.74) is 2.65. The van der Waals surface area contributed by atoms with E-state index in [1.54, 1.807) is 35.0 Å². The van der Waals surface area contributed by atoms with Crippen LogP contribution in [0.4, 0.5) is 4.39 Å². The number of rotatable bonds is 4. The van der Waals surface area contributed by atoms with Crippen LogP contribution in [0.15, 0.2) is 42.5 Å². The lowest BCUT2D eigenvalue weighted by atomic mass is 9.92. The second-order valence-corrected chi connectivity index (χ2v) is 7.41. The number of aromatic nitrogens is 2. The number of carbonyl (C=O) groups is 1. The number of fused-ring (bicyclic) bond motifs is 1. The Balaban J connectivity index is 1.84. The predicted molar refractivity (Wildman–Crippen MR) is 103 cm³/mol. The van der Waals surface area contributed by atoms with Gasteiger partial charge in [-0.3, -0.25) is 0 Å². The summed E-state index contributed by atoms with van der Waals surface area (Å²) in [4.78, 5) is 11.7. The molecule has 4 rings (SSSR count). The molecule has 0 bridgehead atoms. The summed E-state index contributed by atoms with van der Waals surface area (Å²) < 4.78 is 20.4. The molecule has 1 atom stereocenters. The van der Waals surface area contributed by atoms with Gasteiger partial charge in [-0.15, -0.1) is 0 Å². The minimum absolute atomic E-state index is 0.0650. The molecule has 0 spiro atoms. The van der Waals surface area contributed by atoms with Gasteiger partial charge in [-0.1, -0.05) is 35.3 Å². The van der Waals surface area contributed by atoms with Crippen molar-refractivity contribution < 1.29 is 19.0 Å². The standard InChI is InChI=1S/C20H15Cl2FN2O3/c21-13-3-6-17(16(22)8-13)25-19-12(7-11-1-4-14(23)5-2-11)9-28-10-15(19)18(24-25)20(26)27/h1-6,8,12H,7,9-10H2,(H,26,27). The number of hydrogen-bond acceptors (Lipinski definition) is 3. The highest BCUT2D eigenvalue weighted by molar-refractivity contribution is 6.35. The molecule has 0 saturated heterocycles. The van der Waals surface area contributed by atoms with Gasteiger partial charge in [0.1, 0.15) is 5.82 Å². The summed E-state index contributed by atoms with van der Waals surface area (Å²) in [6.45, 7) is 0.544. The Kier molecular flexibility index (Phi) is 5.10. The van der Waals surface area contributed by atoms with E-state index < -0.39 is 5.97 Å². The van der Waals surface area contributed by atoms with Crippen molar-refractivity contribution in [2.45, 2.75) is 18.9 Å². The van der Waals surface area contributed by atoms with Gasteiger partial charge in [0.05, 0.1) is 29.6 Å². The van der Waals surface area contributed by atoms with Gasteiger partial charge in [-0.2, -0.15) is 5.10 Å². The van der Waals surface area contributed by atoms with Crippen LogP contribution in [0.25, 0.3) is 5.69 Å². The largest absolute Gasteiger partial charge is 0.476 e. The molecule has 144 valence electrons. The van der Waals surface area contributed by atoms with E-state index in [0.29, 0.717) is 34.3 Å². The molecule has 1 aromatic heterocycles. The van der Waals surface area contributed by atoms with Gasteiger partial charge >= 0.3 is 5.97 Å². The first kappa shape index (κ1) is 18.9. The Morgan fingerprint density at radius 3 is 2.68 bits per heavy atom. The van der Waals surface area contributed by atoms with Crippen LogP contribution < -0.4 is 0 Å². The van der Waals surface area contributed by atoms with E-state index in [0.717, 1.165) is 11.3 Å². The number of halogens is 3. The van der Waals surface area contributed by atoms with Gasteiger partial charge in [0, 0.05) is 16.5 Å². The molecule has 0 fully saturated rings. The van der Waals surface area contributed by atoms with Crippen molar-refractivity contribution in [2.75, 3.05) is 6.61 Å². The van der Waals surface area contributed by atoms with Crippen molar-refractivity contribution >= 4 is 29.2 Å². The van der Waals surface area contributed by atoms with Crippen LogP contribution in [-0.2, 0) is 17.8 Å². The summed E-state index contributed by atoms with van der Waals surface area (Å²) in [5.74, 6) is -1.61. The van der Waals surface area contributed by atoms with Crippen molar-refractivity contribution in [1.82, 2.24) is 9.78 Å². The maximum absolute atomic E-state index is 13.2. The van der Waals surface area contributed by atoms with Crippen LogP contribution in [0, 0.1) is 5.82 Å². The molecule has 1 aliphatic rings. The van der Waals surface area contributed by atoms with Crippen molar-refractivity contribution in [3.63, 3.8) is 0 Å². The molecule has 0 saturated carbocycles. The first-order valence-electron chi connectivity index (χ1n) is 8.56. The lowest BCUT2D eigenvalue weighted by molar-refractivity contribution is 0.0669. The summed E-state index contributed by atoms with van der Waals surface area (Å²) in [6, 6.07) is 11.2. The van der Waals surface area contributed by atoms with Crippen LogP contribution in [0.3, 0.4) is 0 Å². The van der Waals surface area contributed by atoms with Crippen LogP contribution in [0.2, 0.25) is 10.0 Å². The zero-order valence-corrected chi connectivity index (χ0v) is 16.0. The molecule has 3 aromatic rings. The SMILES string of the molecule is O=C(O)c1nn(-c2ccc(Cl)cc2Cl)c2c1COCC2Cc1ccc(F)cc1. The van der Waals surface area contributed by atoms with E-state index in [1.807, 2.05) is 0 Å². The molecular formula is C20H15Cl2FN2O3. The Morgan fingerprint density at radius 2 is 2.00 bits per heavy atom. The van der Waals surface area contributed by atoms with E-state index in [-0.39, 0.29) is 24.0 Å². The fraction of sp³-hybridized carbons (Fsp3) is 0.200. The number of benzene rings is 2. The molecule has 0 radical (unpaired) electrons. The van der Waals surface area contributed by atoms with Gasteiger partial charge in [0.2, 0.25) is 0 Å². The topological polar surface area (TPSA) is 64.3 Å². The number of nitrogens with zero attached hydrogens (tertiary/aromatic N) is 2. The van der Waals surface area contributed by atoms with E-state index in [4.69, 9.17) is 27.9 Å². The van der Waals surface area contributed by atoms with Gasteiger partial charge < -0.3 is 9.84 Å². The quantitative estimate of drug-likeness (QED) is 0.653. The van der Waals surface area contributed by atoms with Gasteiger partial charge in [0.25, 0.3) is 0 Å². The van der Waals surface area contributed by atoms with Crippen LogP contribution in [0.5, 0.6) is 0 Å². The lowest BCUT2D eigenvalue weighted by Crippen LogP contribution is -2.22. The Bertz CT molecular complexity index is 1050. The third kappa shape index (κ3) is 3.51. The monoisotopic (exact) mass is 420 g/mol. The summed E-state index contributed by atoms with van der Waals surface area (Å²) in [5, 5.41) is 14.7. The zero-order valence-electron chi connectivity index (χ0n) is 14.5. The smallest absolute Gasteiger partial charge is 0.356 e. The molecule has 8 heteroatoms. The Hall–Kier alpha value is -2.41. The average molecular weight is 421 g/mol. The molecule has 2 aromatic carbocycles. The minimum Gasteiger partial charge on any atom is -0.476 e. The first-order chi connectivity index (χ1) is 13.4. The number of hydrogen-bond donors (Lipinski definition) is 1. The molecule has 2 heterocycles. The number of ether oxygens (including phenoxy) is 1. The third-order valence-corrected chi connectivity index (χ3v) is 5.25. The maximum atomic E-state index is 13.2. The van der Waals surface area contributed by atoms with Gasteiger partial charge in [-0.25, -0.2) is 13.9 Å². The highest BCUT2D eigenvalue weighted by atomic mass is 35.5. The lowest BCUT2D eigenvalue weighted by Gasteiger charge is -2.25. The number of carboxylic acid groups (broad SMARTS) is 1. The average Bonchev–Trinajstić information content (AvgIpc) is 3.04. The van der Waals surface area contributed by atoms with Crippen LogP contribution >= 0.6 is 23.2 Å². The normalized spacial score (nSPS) is 16.0. The van der Waals surface area contributed by atoms with E-state index in [9.17, 15) is 14.3 Å². The van der Waals surface area contributed by atoms with Gasteiger partial charge in [0.15, 0.2) is 5.69 Å². The molecule has 0 aliphatic carbocycles. The molecule has 5 nitrogen and oxygen atoms in total. The number of carboxylic acids is 1. The summed E-state index contributed by atoms with van der Waals surface area (Å²) in [6.07, 6.45) is 0.545. The second-order valence-electron chi connectivity index (χ2n) is 6.57. The minimum atomic E-state index is -1.13. The van der Waals surface area contributed by atoms with E-state index in [1.165, 1.54) is 12.1 Å². The predicted octanol–water partition coefficient (Wildman–Crippen LogP) is 4.87. The maximum Gasteiger partial charge on any atom is 0.356 e. The van der Waals surface area contributed by atoms with Crippen molar-refractivity contribution in [3.8, 4) is 5.69 Å². The zero-order chi connectivity index (χ0) is 19.8. The third-order valence-electron chi connectivity index (χ3n) is 4.71. The highest BCUT2D eigenvalue weighted by Crippen LogP contribution is 2.35. The molecule has 1 aliphatic heterocycles. The molecular weight excluding hydrogens is 406 g/mol. The molecule has 0 amide bonds. The molecule has 1 unspecified atom stereocenters. The summed E-state index contributed by atoms with van der Waals surface area (Å²) >= 11 is 12.3. The second kappa shape index (κ2) is 7.54. The fourth-order valence-electron chi connectivity index (χ4n) is 3.48. The van der Waals surface area contributed by atoms with E-state index in [2.05, 4.69) is 5.10 Å². The van der Waals surface area contributed by atoms with Crippen molar-refractivity contribution in [2.24, 2.45) is 0 Å².